The Balaban J connectivity index is 2.99. The van der Waals surface area contributed by atoms with E-state index in [-0.39, 0.29) is 11.4 Å². The molecule has 0 unspecified atom stereocenters. The van der Waals surface area contributed by atoms with Crippen LogP contribution in [0.2, 0.25) is 0 Å². The monoisotopic (exact) mass is 295 g/mol. The van der Waals surface area contributed by atoms with Crippen molar-refractivity contribution >= 4 is 17.9 Å². The summed E-state index contributed by atoms with van der Waals surface area (Å²) in [6.45, 7) is 8.03. The zero-order valence-corrected chi connectivity index (χ0v) is 12.5. The third kappa shape index (κ3) is 4.61. The van der Waals surface area contributed by atoms with Crippen molar-refractivity contribution in [1.29, 1.82) is 0 Å². The molecule has 0 saturated heterocycles. The van der Waals surface area contributed by atoms with Gasteiger partial charge in [0.1, 0.15) is 13.7 Å². The number of halogens is 1. The van der Waals surface area contributed by atoms with E-state index in [2.05, 4.69) is 13.2 Å². The van der Waals surface area contributed by atoms with Crippen LogP contribution in [0.5, 0.6) is 0 Å². The second-order valence-corrected chi connectivity index (χ2v) is 6.62. The zero-order valence-electron chi connectivity index (χ0n) is 11.7. The average Bonchev–Trinajstić information content (AvgIpc) is 2.38. The van der Waals surface area contributed by atoms with Gasteiger partial charge in [-0.3, -0.25) is 0 Å². The molecule has 0 radical (unpaired) electrons. The summed E-state index contributed by atoms with van der Waals surface area (Å²) in [6, 6.07) is 4.86. The van der Waals surface area contributed by atoms with Crippen LogP contribution < -0.4 is 0 Å². The van der Waals surface area contributed by atoms with Crippen LogP contribution in [0.3, 0.4) is 0 Å². The third-order valence-electron chi connectivity index (χ3n) is 2.71. The number of nitrogens with zero attached hydrogens (tertiary/aromatic N) is 1. The number of unbranched alkanes of at least 4 members (excludes halogenated alkanes) is 1. The lowest BCUT2D eigenvalue weighted by Crippen LogP contribution is -2.33. The van der Waals surface area contributed by atoms with Gasteiger partial charge >= 0.3 is 0 Å². The first-order valence-corrected chi connectivity index (χ1v) is 7.83. The fraction of sp³-hybridized carbons (Fsp3) is 0.286. The Bertz CT molecular complexity index is 569. The first-order valence-electron chi connectivity index (χ1n) is 6.39. The molecule has 1 rings (SSSR count). The van der Waals surface area contributed by atoms with E-state index in [1.54, 1.807) is 13.9 Å². The molecule has 0 spiro atoms. The normalized spacial score (nSPS) is 11.5. The second-order valence-electron chi connectivity index (χ2n) is 4.68. The number of rotatable bonds is 8. The van der Waals surface area contributed by atoms with Crippen LogP contribution in [0.4, 0.5) is 4.39 Å². The molecule has 20 heavy (non-hydrogen) atoms. The second kappa shape index (κ2) is 7.40. The molecule has 6 heteroatoms. The fourth-order valence-corrected chi connectivity index (χ4v) is 3.29. The topological polar surface area (TPSA) is 37.4 Å². The van der Waals surface area contributed by atoms with Crippen molar-refractivity contribution in [2.24, 2.45) is 0 Å². The first-order chi connectivity index (χ1) is 9.37. The van der Waals surface area contributed by atoms with Crippen molar-refractivity contribution in [3.05, 3.63) is 54.8 Å². The molecule has 0 aliphatic heterocycles. The Morgan fingerprint density at radius 1 is 1.35 bits per heavy atom. The summed E-state index contributed by atoms with van der Waals surface area (Å²) in [5.41, 5.74) is 0.759. The number of allylic oxidation sites excluding steroid dienone is 1. The molecule has 0 heterocycles. The highest BCUT2D eigenvalue weighted by Gasteiger charge is 2.23. The van der Waals surface area contributed by atoms with Gasteiger partial charge in [0.2, 0.25) is 10.0 Å². The van der Waals surface area contributed by atoms with Crippen LogP contribution in [0.1, 0.15) is 12.8 Å². The smallest absolute Gasteiger partial charge is 0.207 e. The summed E-state index contributed by atoms with van der Waals surface area (Å²) in [5, 5.41) is 0. The lowest BCUT2D eigenvalue weighted by molar-refractivity contribution is 0.433. The van der Waals surface area contributed by atoms with Crippen molar-refractivity contribution in [2.75, 3.05) is 13.1 Å². The molecule has 108 valence electrons. The van der Waals surface area contributed by atoms with E-state index in [1.165, 1.54) is 16.4 Å². The van der Waals surface area contributed by atoms with Crippen LogP contribution in [0.15, 0.2) is 53.9 Å². The summed E-state index contributed by atoms with van der Waals surface area (Å²) in [5.74, 6) is -0.456. The summed E-state index contributed by atoms with van der Waals surface area (Å²) in [6.07, 6.45) is 3.19. The maximum Gasteiger partial charge on any atom is 0.243 e. The Morgan fingerprint density at radius 3 is 2.45 bits per heavy atom. The van der Waals surface area contributed by atoms with E-state index >= 15 is 0 Å². The molecule has 0 fully saturated rings. The van der Waals surface area contributed by atoms with Crippen LogP contribution in [0.25, 0.3) is 0 Å². The quantitative estimate of drug-likeness (QED) is 0.417. The molecule has 0 saturated carbocycles. The molecule has 1 aromatic rings. The molecule has 0 aliphatic rings. The minimum Gasteiger partial charge on any atom is -0.207 e. The highest BCUT2D eigenvalue weighted by molar-refractivity contribution is 7.89. The maximum atomic E-state index is 12.9. The van der Waals surface area contributed by atoms with E-state index in [0.29, 0.717) is 13.0 Å². The third-order valence-corrected chi connectivity index (χ3v) is 4.57. The molecule has 3 nitrogen and oxygen atoms in total. The number of hydrogen-bond acceptors (Lipinski definition) is 2. The lowest BCUT2D eigenvalue weighted by atomic mass is 9.98. The zero-order chi connectivity index (χ0) is 15.2. The minimum absolute atomic E-state index is 0.0961. The average molecular weight is 295 g/mol. The van der Waals surface area contributed by atoms with Gasteiger partial charge in [0.25, 0.3) is 0 Å². The van der Waals surface area contributed by atoms with Crippen molar-refractivity contribution in [2.45, 2.75) is 17.7 Å². The predicted molar refractivity (Wildman–Crippen MR) is 82.3 cm³/mol. The molecule has 0 aromatic heterocycles. The summed E-state index contributed by atoms with van der Waals surface area (Å²) < 4.78 is 39.3. The summed E-state index contributed by atoms with van der Waals surface area (Å²) in [7, 11) is -1.84. The van der Waals surface area contributed by atoms with Gasteiger partial charge in [0, 0.05) is 13.1 Å². The van der Waals surface area contributed by atoms with Gasteiger partial charge in [-0.05, 0) is 37.1 Å². The Hall–Kier alpha value is -1.40. The van der Waals surface area contributed by atoms with Crippen molar-refractivity contribution in [1.82, 2.24) is 4.31 Å². The highest BCUT2D eigenvalue weighted by atomic mass is 32.2. The van der Waals surface area contributed by atoms with Crippen molar-refractivity contribution in [3.63, 3.8) is 0 Å². The van der Waals surface area contributed by atoms with E-state index in [0.717, 1.165) is 24.0 Å². The number of hydrogen-bond donors (Lipinski definition) is 0. The van der Waals surface area contributed by atoms with Gasteiger partial charge < -0.3 is 0 Å². The van der Waals surface area contributed by atoms with Crippen molar-refractivity contribution in [3.8, 4) is 0 Å². The number of benzene rings is 1. The predicted octanol–water partition coefficient (Wildman–Crippen LogP) is 1.93. The van der Waals surface area contributed by atoms with E-state index in [1.807, 2.05) is 0 Å². The van der Waals surface area contributed by atoms with Gasteiger partial charge in [-0.15, -0.1) is 18.6 Å². The van der Waals surface area contributed by atoms with Crippen LogP contribution >= 0.6 is 0 Å². The molecular weight excluding hydrogens is 276 g/mol. The van der Waals surface area contributed by atoms with Gasteiger partial charge in [-0.2, -0.15) is 4.31 Å². The van der Waals surface area contributed by atoms with Gasteiger partial charge in [-0.1, -0.05) is 6.08 Å². The van der Waals surface area contributed by atoms with E-state index in [9.17, 15) is 12.8 Å². The van der Waals surface area contributed by atoms with Crippen LogP contribution in [-0.4, -0.2) is 33.7 Å². The Labute approximate surface area is 121 Å². The summed E-state index contributed by atoms with van der Waals surface area (Å²) >= 11 is 0. The molecule has 1 aromatic carbocycles. The molecule has 0 amide bonds. The highest BCUT2D eigenvalue weighted by Crippen LogP contribution is 2.17. The Kier molecular flexibility index (Phi) is 6.17. The standard InChI is InChI=1S/C14H19BFNO2S/c1-3-4-5-10-17(11-12(2)15)20(18,19)14-8-6-13(16)7-9-14/h3,6-9H,1-2,4-5,10-11,15H2. The first kappa shape index (κ1) is 16.7. The van der Waals surface area contributed by atoms with E-state index < -0.39 is 15.8 Å². The molecule has 0 aliphatic carbocycles. The molecule has 0 N–H and O–H groups in total. The summed E-state index contributed by atoms with van der Waals surface area (Å²) in [4.78, 5) is 0.0961. The van der Waals surface area contributed by atoms with Crippen LogP contribution in [0, 0.1) is 5.82 Å². The molecular formula is C14H19BFNO2S. The lowest BCUT2D eigenvalue weighted by Gasteiger charge is -2.22. The van der Waals surface area contributed by atoms with Gasteiger partial charge in [-0.25, -0.2) is 12.8 Å². The van der Waals surface area contributed by atoms with Crippen LogP contribution in [-0.2, 0) is 10.0 Å². The largest absolute Gasteiger partial charge is 0.243 e. The Morgan fingerprint density at radius 2 is 1.95 bits per heavy atom. The molecule has 0 bridgehead atoms. The molecule has 0 atom stereocenters. The SMILES string of the molecule is BC(=C)CN(CCCC=C)S(=O)(=O)c1ccc(F)cc1. The van der Waals surface area contributed by atoms with Crippen molar-refractivity contribution < 1.29 is 12.8 Å². The number of sulfonamides is 1. The van der Waals surface area contributed by atoms with Gasteiger partial charge in [0.15, 0.2) is 0 Å². The van der Waals surface area contributed by atoms with Gasteiger partial charge in [0.05, 0.1) is 4.90 Å². The fourth-order valence-electron chi connectivity index (χ4n) is 1.75. The maximum absolute atomic E-state index is 12.9. The minimum atomic E-state index is -3.62. The van der Waals surface area contributed by atoms with E-state index in [4.69, 9.17) is 0 Å².